The Hall–Kier alpha value is -3.18. The average Bonchev–Trinajstić information content (AvgIpc) is 2.76. The molecule has 0 aliphatic heterocycles. The standard InChI is InChI=1S/C23H27N3O4.CH4/c1-4-26(3)15-19-9-7-17(8-10-19)5-6-18-11-13-20(14-12-18)22(28)24-21(16(2)27)23(29)25-30;/h7-14,16,21,27,30H,4,15H2,1-3H3,(H,24,28)(H,25,29);1H4/t16-,21+;/m1./s1. The van der Waals surface area contributed by atoms with Crippen molar-refractivity contribution < 1.29 is 19.9 Å². The lowest BCUT2D eigenvalue weighted by Crippen LogP contribution is -2.51. The molecule has 166 valence electrons. The maximum atomic E-state index is 12.3. The highest BCUT2D eigenvalue weighted by molar-refractivity contribution is 5.97. The molecule has 0 spiro atoms. The lowest BCUT2D eigenvalue weighted by atomic mass is 10.1. The smallest absolute Gasteiger partial charge is 0.268 e. The third-order valence-electron chi connectivity index (χ3n) is 4.61. The zero-order chi connectivity index (χ0) is 22.1. The topological polar surface area (TPSA) is 102 Å². The van der Waals surface area contributed by atoms with E-state index in [4.69, 9.17) is 5.21 Å². The van der Waals surface area contributed by atoms with Crippen molar-refractivity contribution in [2.24, 2.45) is 0 Å². The molecule has 0 bridgehead atoms. The number of hydrogen-bond donors (Lipinski definition) is 4. The van der Waals surface area contributed by atoms with Crippen molar-refractivity contribution in [1.29, 1.82) is 0 Å². The van der Waals surface area contributed by atoms with Crippen molar-refractivity contribution in [2.75, 3.05) is 13.6 Å². The minimum Gasteiger partial charge on any atom is -0.391 e. The highest BCUT2D eigenvalue weighted by Gasteiger charge is 2.25. The van der Waals surface area contributed by atoms with Gasteiger partial charge in [-0.25, -0.2) is 5.48 Å². The van der Waals surface area contributed by atoms with E-state index in [9.17, 15) is 14.7 Å². The van der Waals surface area contributed by atoms with Crippen molar-refractivity contribution in [1.82, 2.24) is 15.7 Å². The number of carbonyl (C=O) groups excluding carboxylic acids is 2. The number of amides is 2. The molecule has 4 N–H and O–H groups in total. The summed E-state index contributed by atoms with van der Waals surface area (Å²) in [7, 11) is 2.07. The van der Waals surface area contributed by atoms with Crippen LogP contribution in [0.25, 0.3) is 0 Å². The molecule has 0 unspecified atom stereocenters. The van der Waals surface area contributed by atoms with Crippen LogP contribution < -0.4 is 10.8 Å². The van der Waals surface area contributed by atoms with Crippen LogP contribution in [0.4, 0.5) is 0 Å². The van der Waals surface area contributed by atoms with Crippen LogP contribution >= 0.6 is 0 Å². The summed E-state index contributed by atoms with van der Waals surface area (Å²) in [5.74, 6) is 4.71. The van der Waals surface area contributed by atoms with Crippen LogP contribution in [-0.2, 0) is 11.3 Å². The first kappa shape index (κ1) is 25.9. The predicted octanol–water partition coefficient (Wildman–Crippen LogP) is 2.16. The van der Waals surface area contributed by atoms with E-state index < -0.39 is 24.0 Å². The van der Waals surface area contributed by atoms with E-state index in [1.54, 1.807) is 24.3 Å². The molecule has 2 amide bonds. The molecular formula is C24H31N3O4. The van der Waals surface area contributed by atoms with Gasteiger partial charge in [-0.1, -0.05) is 38.3 Å². The molecule has 2 aromatic rings. The summed E-state index contributed by atoms with van der Waals surface area (Å²) in [5.41, 5.74) is 4.60. The molecule has 0 saturated carbocycles. The Balaban J connectivity index is 0.00000480. The lowest BCUT2D eigenvalue weighted by molar-refractivity contribution is -0.133. The summed E-state index contributed by atoms with van der Waals surface area (Å²) >= 11 is 0. The van der Waals surface area contributed by atoms with Gasteiger partial charge in [0.1, 0.15) is 6.04 Å². The number of nitrogens with zero attached hydrogens (tertiary/aromatic N) is 1. The Labute approximate surface area is 184 Å². The van der Waals surface area contributed by atoms with Gasteiger partial charge in [0, 0.05) is 23.2 Å². The molecule has 0 aliphatic carbocycles. The van der Waals surface area contributed by atoms with Crippen LogP contribution in [0.15, 0.2) is 48.5 Å². The summed E-state index contributed by atoms with van der Waals surface area (Å²) in [6.07, 6.45) is -1.17. The fourth-order valence-electron chi connectivity index (χ4n) is 2.67. The van der Waals surface area contributed by atoms with E-state index >= 15 is 0 Å². The fourth-order valence-corrected chi connectivity index (χ4v) is 2.67. The van der Waals surface area contributed by atoms with E-state index in [1.165, 1.54) is 18.0 Å². The minimum absolute atomic E-state index is 0. The van der Waals surface area contributed by atoms with Crippen molar-refractivity contribution in [2.45, 2.75) is 40.0 Å². The first-order valence-corrected chi connectivity index (χ1v) is 9.66. The van der Waals surface area contributed by atoms with Gasteiger partial charge in [0.25, 0.3) is 11.8 Å². The minimum atomic E-state index is -1.26. The van der Waals surface area contributed by atoms with Crippen molar-refractivity contribution >= 4 is 11.8 Å². The number of carbonyl (C=O) groups is 2. The molecule has 0 saturated heterocycles. The Morgan fingerprint density at radius 2 is 1.55 bits per heavy atom. The third kappa shape index (κ3) is 7.87. The zero-order valence-electron chi connectivity index (χ0n) is 17.3. The van der Waals surface area contributed by atoms with E-state index in [1.807, 2.05) is 12.1 Å². The second-order valence-electron chi connectivity index (χ2n) is 7.02. The zero-order valence-corrected chi connectivity index (χ0v) is 17.3. The monoisotopic (exact) mass is 425 g/mol. The second kappa shape index (κ2) is 12.5. The SMILES string of the molecule is C.CCN(C)Cc1ccc(C#Cc2ccc(C(=O)N[C@H](C(=O)NO)[C@@H](C)O)cc2)cc1. The van der Waals surface area contributed by atoms with Gasteiger partial charge in [-0.15, -0.1) is 0 Å². The number of aliphatic hydroxyl groups excluding tert-OH is 1. The molecule has 7 heteroatoms. The molecule has 0 heterocycles. The normalized spacial score (nSPS) is 12.1. The second-order valence-corrected chi connectivity index (χ2v) is 7.02. The van der Waals surface area contributed by atoms with Crippen molar-refractivity contribution in [3.8, 4) is 11.8 Å². The summed E-state index contributed by atoms with van der Waals surface area (Å²) in [5, 5.41) is 20.7. The van der Waals surface area contributed by atoms with E-state index in [-0.39, 0.29) is 7.43 Å². The van der Waals surface area contributed by atoms with Gasteiger partial charge in [0.2, 0.25) is 0 Å². The molecule has 2 rings (SSSR count). The lowest BCUT2D eigenvalue weighted by Gasteiger charge is -2.19. The maximum Gasteiger partial charge on any atom is 0.268 e. The fraction of sp³-hybridized carbons (Fsp3) is 0.333. The van der Waals surface area contributed by atoms with Gasteiger partial charge in [-0.2, -0.15) is 0 Å². The molecule has 0 fully saturated rings. The summed E-state index contributed by atoms with van der Waals surface area (Å²) in [6, 6.07) is 13.4. The largest absolute Gasteiger partial charge is 0.391 e. The highest BCUT2D eigenvalue weighted by atomic mass is 16.5. The molecule has 0 aliphatic rings. The Morgan fingerprint density at radius 1 is 1.03 bits per heavy atom. The van der Waals surface area contributed by atoms with Crippen LogP contribution in [-0.4, -0.2) is 52.8 Å². The number of hydroxylamine groups is 1. The molecule has 0 aromatic heterocycles. The number of benzene rings is 2. The molecule has 2 atom stereocenters. The quantitative estimate of drug-likeness (QED) is 0.309. The number of hydrogen-bond acceptors (Lipinski definition) is 5. The van der Waals surface area contributed by atoms with Gasteiger partial charge in [-0.3, -0.25) is 14.8 Å². The van der Waals surface area contributed by atoms with Gasteiger partial charge < -0.3 is 15.3 Å². The van der Waals surface area contributed by atoms with Crippen LogP contribution in [0.3, 0.4) is 0 Å². The Kier molecular flexibility index (Phi) is 10.4. The average molecular weight is 426 g/mol. The van der Waals surface area contributed by atoms with Crippen LogP contribution in [0.2, 0.25) is 0 Å². The molecule has 0 radical (unpaired) electrons. The van der Waals surface area contributed by atoms with Crippen molar-refractivity contribution in [3.05, 3.63) is 70.8 Å². The predicted molar refractivity (Wildman–Crippen MR) is 120 cm³/mol. The van der Waals surface area contributed by atoms with E-state index in [2.05, 4.69) is 48.2 Å². The van der Waals surface area contributed by atoms with Crippen molar-refractivity contribution in [3.63, 3.8) is 0 Å². The molecular weight excluding hydrogens is 394 g/mol. The first-order valence-electron chi connectivity index (χ1n) is 9.66. The first-order chi connectivity index (χ1) is 14.3. The summed E-state index contributed by atoms with van der Waals surface area (Å²) in [4.78, 5) is 26.0. The summed E-state index contributed by atoms with van der Waals surface area (Å²) in [6.45, 7) is 5.34. The van der Waals surface area contributed by atoms with Crippen LogP contribution in [0.5, 0.6) is 0 Å². The molecule has 2 aromatic carbocycles. The molecule has 31 heavy (non-hydrogen) atoms. The van der Waals surface area contributed by atoms with Gasteiger partial charge in [-0.05, 0) is 62.5 Å². The van der Waals surface area contributed by atoms with Crippen LogP contribution in [0, 0.1) is 11.8 Å². The van der Waals surface area contributed by atoms with Gasteiger partial charge >= 0.3 is 0 Å². The number of aliphatic hydroxyl groups is 1. The van der Waals surface area contributed by atoms with Gasteiger partial charge in [0.05, 0.1) is 6.10 Å². The highest BCUT2D eigenvalue weighted by Crippen LogP contribution is 2.08. The third-order valence-corrected chi connectivity index (χ3v) is 4.61. The maximum absolute atomic E-state index is 12.3. The van der Waals surface area contributed by atoms with E-state index in [0.29, 0.717) is 5.56 Å². The number of rotatable bonds is 7. The van der Waals surface area contributed by atoms with Gasteiger partial charge in [0.15, 0.2) is 0 Å². The number of nitrogens with one attached hydrogen (secondary N) is 2. The van der Waals surface area contributed by atoms with E-state index in [0.717, 1.165) is 24.2 Å². The van der Waals surface area contributed by atoms with Crippen LogP contribution in [0.1, 0.15) is 48.3 Å². The molecule has 7 nitrogen and oxygen atoms in total. The summed E-state index contributed by atoms with van der Waals surface area (Å²) < 4.78 is 0. The Morgan fingerprint density at radius 3 is 2.00 bits per heavy atom. The Bertz CT molecular complexity index is 913.